The molecular weight excluding hydrogens is 178 g/mol. The van der Waals surface area contributed by atoms with Crippen molar-refractivity contribution in [3.8, 4) is 0 Å². The third kappa shape index (κ3) is 0.983. The lowest BCUT2D eigenvalue weighted by Crippen LogP contribution is -2.32. The van der Waals surface area contributed by atoms with Crippen molar-refractivity contribution in [2.75, 3.05) is 6.54 Å². The zero-order valence-corrected chi connectivity index (χ0v) is 8.29. The number of ketones is 1. The summed E-state index contributed by atoms with van der Waals surface area (Å²) < 4.78 is 0. The molecule has 3 fully saturated rings. The van der Waals surface area contributed by atoms with Crippen molar-refractivity contribution in [2.24, 2.45) is 5.41 Å². The van der Waals surface area contributed by atoms with Gasteiger partial charge in [-0.15, -0.1) is 0 Å². The number of nitrogens with zero attached hydrogens (tertiary/aromatic N) is 1. The lowest BCUT2D eigenvalue weighted by atomic mass is 10.0. The molecule has 0 N–H and O–H groups in total. The van der Waals surface area contributed by atoms with Gasteiger partial charge in [0, 0.05) is 19.0 Å². The normalized spacial score (nSPS) is 34.6. The van der Waals surface area contributed by atoms with Gasteiger partial charge in [0.2, 0.25) is 5.78 Å². The summed E-state index contributed by atoms with van der Waals surface area (Å²) in [5.74, 6) is -0.385. The summed E-state index contributed by atoms with van der Waals surface area (Å²) in [6.45, 7) is 0.685. The molecule has 3 heteroatoms. The summed E-state index contributed by atoms with van der Waals surface area (Å²) >= 11 is 0. The van der Waals surface area contributed by atoms with Crippen LogP contribution in [0.15, 0.2) is 0 Å². The quantitative estimate of drug-likeness (QED) is 0.585. The summed E-state index contributed by atoms with van der Waals surface area (Å²) in [6.07, 6.45) is 6.78. The Morgan fingerprint density at radius 3 is 2.50 bits per heavy atom. The highest BCUT2D eigenvalue weighted by Crippen LogP contribution is 2.60. The number of Topliss-reactive ketones (excluding diaryl/α,β-unsaturated/α-hetero) is 1. The van der Waals surface area contributed by atoms with Crippen LogP contribution in [-0.2, 0) is 9.59 Å². The van der Waals surface area contributed by atoms with E-state index >= 15 is 0 Å². The van der Waals surface area contributed by atoms with E-state index in [1.165, 1.54) is 25.7 Å². The fourth-order valence-corrected chi connectivity index (χ4v) is 3.27. The maximum atomic E-state index is 11.5. The lowest BCUT2D eigenvalue weighted by molar-refractivity contribution is -0.140. The van der Waals surface area contributed by atoms with Crippen LogP contribution < -0.4 is 0 Å². The Kier molecular flexibility index (Phi) is 1.56. The zero-order valence-electron chi connectivity index (χ0n) is 8.29. The van der Waals surface area contributed by atoms with Crippen LogP contribution in [0.5, 0.6) is 0 Å². The number of hydrogen-bond acceptors (Lipinski definition) is 2. The molecule has 76 valence electrons. The van der Waals surface area contributed by atoms with Gasteiger partial charge in [0.15, 0.2) is 0 Å². The Labute approximate surface area is 83.5 Å². The van der Waals surface area contributed by atoms with Gasteiger partial charge in [-0.1, -0.05) is 12.8 Å². The molecule has 3 rings (SSSR count). The molecule has 1 heterocycles. The van der Waals surface area contributed by atoms with E-state index in [-0.39, 0.29) is 11.7 Å². The van der Waals surface area contributed by atoms with Crippen LogP contribution in [0.4, 0.5) is 0 Å². The number of amides is 1. The Morgan fingerprint density at radius 1 is 1.21 bits per heavy atom. The predicted molar refractivity (Wildman–Crippen MR) is 50.6 cm³/mol. The number of carbonyl (C=O) groups is 2. The van der Waals surface area contributed by atoms with Gasteiger partial charge in [-0.3, -0.25) is 9.59 Å². The van der Waals surface area contributed by atoms with E-state index in [2.05, 4.69) is 0 Å². The van der Waals surface area contributed by atoms with Gasteiger partial charge < -0.3 is 4.90 Å². The molecule has 1 unspecified atom stereocenters. The summed E-state index contributed by atoms with van der Waals surface area (Å²) in [6, 6.07) is 0.420. The van der Waals surface area contributed by atoms with E-state index in [0.717, 1.165) is 6.42 Å². The molecule has 14 heavy (non-hydrogen) atoms. The molecule has 1 aliphatic heterocycles. The molecule has 1 spiro atoms. The highest BCUT2D eigenvalue weighted by Gasteiger charge is 2.59. The minimum atomic E-state index is -0.209. The lowest BCUT2D eigenvalue weighted by Gasteiger charge is -2.18. The smallest absolute Gasteiger partial charge is 0.290 e. The first-order chi connectivity index (χ1) is 6.73. The molecule has 2 aliphatic carbocycles. The van der Waals surface area contributed by atoms with Crippen molar-refractivity contribution >= 4 is 11.7 Å². The minimum absolute atomic E-state index is 0.176. The van der Waals surface area contributed by atoms with E-state index in [1.807, 2.05) is 4.90 Å². The first-order valence-corrected chi connectivity index (χ1v) is 5.57. The average Bonchev–Trinajstić information content (AvgIpc) is 2.52. The van der Waals surface area contributed by atoms with Crippen LogP contribution in [0.2, 0.25) is 0 Å². The third-order valence-corrected chi connectivity index (χ3v) is 4.20. The van der Waals surface area contributed by atoms with Gasteiger partial charge in [0.25, 0.3) is 5.91 Å². The molecule has 1 amide bonds. The Bertz CT molecular complexity index is 304. The average molecular weight is 193 g/mol. The van der Waals surface area contributed by atoms with Gasteiger partial charge in [-0.25, -0.2) is 0 Å². The van der Waals surface area contributed by atoms with Crippen LogP contribution >= 0.6 is 0 Å². The highest BCUT2D eigenvalue weighted by atomic mass is 16.2. The number of rotatable bonds is 1. The number of carbonyl (C=O) groups excluding carboxylic acids is 2. The predicted octanol–water partition coefficient (Wildman–Crippen LogP) is 1.12. The zero-order chi connectivity index (χ0) is 9.76. The number of likely N-dealkylation sites (tertiary alicyclic amines) is 1. The van der Waals surface area contributed by atoms with Crippen molar-refractivity contribution in [1.29, 1.82) is 0 Å². The van der Waals surface area contributed by atoms with Crippen LogP contribution in [0, 0.1) is 5.41 Å². The van der Waals surface area contributed by atoms with Crippen molar-refractivity contribution in [3.63, 3.8) is 0 Å². The largest absolute Gasteiger partial charge is 0.332 e. The molecule has 0 bridgehead atoms. The second kappa shape index (κ2) is 2.59. The maximum absolute atomic E-state index is 11.5. The van der Waals surface area contributed by atoms with E-state index in [4.69, 9.17) is 0 Å². The molecule has 3 nitrogen and oxygen atoms in total. The maximum Gasteiger partial charge on any atom is 0.290 e. The van der Waals surface area contributed by atoms with Gasteiger partial charge in [0.1, 0.15) is 0 Å². The summed E-state index contributed by atoms with van der Waals surface area (Å²) in [5, 5.41) is 0. The van der Waals surface area contributed by atoms with E-state index in [9.17, 15) is 9.59 Å². The van der Waals surface area contributed by atoms with Crippen LogP contribution in [-0.4, -0.2) is 29.2 Å². The fraction of sp³-hybridized carbons (Fsp3) is 0.818. The van der Waals surface area contributed by atoms with Gasteiger partial charge >= 0.3 is 0 Å². The van der Waals surface area contributed by atoms with Crippen molar-refractivity contribution in [3.05, 3.63) is 0 Å². The third-order valence-electron chi connectivity index (χ3n) is 4.20. The van der Waals surface area contributed by atoms with E-state index in [1.54, 1.807) is 0 Å². The minimum Gasteiger partial charge on any atom is -0.332 e. The molecular formula is C11H15NO2. The van der Waals surface area contributed by atoms with Crippen molar-refractivity contribution in [1.82, 2.24) is 4.90 Å². The van der Waals surface area contributed by atoms with Crippen LogP contribution in [0.1, 0.15) is 38.5 Å². The van der Waals surface area contributed by atoms with E-state index < -0.39 is 0 Å². The molecule has 2 saturated carbocycles. The molecule has 1 atom stereocenters. The van der Waals surface area contributed by atoms with Crippen LogP contribution in [0.3, 0.4) is 0 Å². The second-order valence-corrected chi connectivity index (χ2v) is 4.96. The summed E-state index contributed by atoms with van der Waals surface area (Å²) in [4.78, 5) is 24.5. The molecule has 0 aromatic rings. The monoisotopic (exact) mass is 193 g/mol. The van der Waals surface area contributed by atoms with Crippen LogP contribution in [0.25, 0.3) is 0 Å². The number of hydrogen-bond donors (Lipinski definition) is 0. The molecule has 0 aromatic carbocycles. The highest BCUT2D eigenvalue weighted by molar-refractivity contribution is 6.38. The van der Waals surface area contributed by atoms with Gasteiger partial charge in [0.05, 0.1) is 0 Å². The molecule has 3 aliphatic rings. The SMILES string of the molecule is O=C1CCN(C2CC23CCCC3)C1=O. The Hall–Kier alpha value is -0.860. The first-order valence-electron chi connectivity index (χ1n) is 5.57. The molecule has 0 radical (unpaired) electrons. The Balaban J connectivity index is 1.74. The fourth-order valence-electron chi connectivity index (χ4n) is 3.27. The first kappa shape index (κ1) is 8.45. The summed E-state index contributed by atoms with van der Waals surface area (Å²) in [5.41, 5.74) is 0.445. The Morgan fingerprint density at radius 2 is 1.93 bits per heavy atom. The topological polar surface area (TPSA) is 37.4 Å². The second-order valence-electron chi connectivity index (χ2n) is 4.96. The van der Waals surface area contributed by atoms with Crippen molar-refractivity contribution < 1.29 is 9.59 Å². The van der Waals surface area contributed by atoms with Gasteiger partial charge in [-0.2, -0.15) is 0 Å². The standard InChI is InChI=1S/C11H15NO2/c13-8-3-6-12(10(8)14)9-7-11(9)4-1-2-5-11/h9H,1-7H2. The molecule has 0 aromatic heterocycles. The molecule has 1 saturated heterocycles. The van der Waals surface area contributed by atoms with Crippen molar-refractivity contribution in [2.45, 2.75) is 44.6 Å². The summed E-state index contributed by atoms with van der Waals surface area (Å²) in [7, 11) is 0. The van der Waals surface area contributed by atoms with E-state index in [0.29, 0.717) is 24.4 Å². The van der Waals surface area contributed by atoms with Gasteiger partial charge in [-0.05, 0) is 24.7 Å².